The average molecular weight is 164 g/mol. The third-order valence-corrected chi connectivity index (χ3v) is 1.88. The van der Waals surface area contributed by atoms with Gasteiger partial charge >= 0.3 is 0 Å². The first kappa shape index (κ1) is 9.23. The molecule has 0 fully saturated rings. The van der Waals surface area contributed by atoms with Crippen LogP contribution in [0.1, 0.15) is 12.0 Å². The van der Waals surface area contributed by atoms with Crippen molar-refractivity contribution < 1.29 is 0 Å². The van der Waals surface area contributed by atoms with Crippen molar-refractivity contribution in [3.63, 3.8) is 0 Å². The van der Waals surface area contributed by atoms with Gasteiger partial charge in [-0.25, -0.2) is 0 Å². The molecular weight excluding hydrogens is 148 g/mol. The summed E-state index contributed by atoms with van der Waals surface area (Å²) in [5.41, 5.74) is 12.5. The molecule has 0 aromatic heterocycles. The van der Waals surface area contributed by atoms with Crippen molar-refractivity contribution in [2.24, 2.45) is 11.5 Å². The van der Waals surface area contributed by atoms with Gasteiger partial charge < -0.3 is 11.5 Å². The Balaban J connectivity index is 2.41. The van der Waals surface area contributed by atoms with Crippen molar-refractivity contribution in [3.8, 4) is 0 Å². The summed E-state index contributed by atoms with van der Waals surface area (Å²) >= 11 is 0. The number of nitrogens with two attached hydrogens (primary N) is 2. The molecule has 0 amide bonds. The van der Waals surface area contributed by atoms with Crippen LogP contribution < -0.4 is 11.5 Å². The molecule has 0 bridgehead atoms. The second-order valence-electron chi connectivity index (χ2n) is 3.03. The summed E-state index contributed by atoms with van der Waals surface area (Å²) in [7, 11) is 0. The molecule has 2 heteroatoms. The minimum atomic E-state index is 0.206. The highest BCUT2D eigenvalue weighted by Gasteiger charge is 2.01. The lowest BCUT2D eigenvalue weighted by Crippen LogP contribution is -2.25. The van der Waals surface area contributed by atoms with Crippen molar-refractivity contribution >= 4 is 0 Å². The summed E-state index contributed by atoms with van der Waals surface area (Å²) in [5.74, 6) is 0. The first-order chi connectivity index (χ1) is 5.83. The molecule has 2 nitrogen and oxygen atoms in total. The Labute approximate surface area is 73.6 Å². The predicted molar refractivity (Wildman–Crippen MR) is 51.8 cm³/mol. The van der Waals surface area contributed by atoms with Crippen LogP contribution in [0.4, 0.5) is 0 Å². The molecule has 66 valence electrons. The molecule has 4 N–H and O–H groups in total. The molecule has 0 radical (unpaired) electrons. The van der Waals surface area contributed by atoms with Crippen LogP contribution in [0, 0.1) is 0 Å². The summed E-state index contributed by atoms with van der Waals surface area (Å²) in [6.07, 6.45) is 1.83. The summed E-state index contributed by atoms with van der Waals surface area (Å²) in [6.45, 7) is 0.675. The SMILES string of the molecule is NCC[C@@H](N)Cc1ccccc1. The number of benzene rings is 1. The molecule has 0 spiro atoms. The lowest BCUT2D eigenvalue weighted by molar-refractivity contribution is 0.619. The fraction of sp³-hybridized carbons (Fsp3) is 0.400. The van der Waals surface area contributed by atoms with Crippen LogP contribution in [0.2, 0.25) is 0 Å². The summed E-state index contributed by atoms with van der Waals surface area (Å²) in [5, 5.41) is 0. The second kappa shape index (κ2) is 4.91. The van der Waals surface area contributed by atoms with Gasteiger partial charge in [0, 0.05) is 6.04 Å². The molecule has 12 heavy (non-hydrogen) atoms. The van der Waals surface area contributed by atoms with Crippen molar-refractivity contribution in [2.45, 2.75) is 18.9 Å². The van der Waals surface area contributed by atoms with E-state index in [2.05, 4.69) is 12.1 Å². The molecule has 0 heterocycles. The van der Waals surface area contributed by atoms with E-state index in [1.54, 1.807) is 0 Å². The number of hydrogen-bond acceptors (Lipinski definition) is 2. The highest BCUT2D eigenvalue weighted by atomic mass is 14.6. The van der Waals surface area contributed by atoms with E-state index in [0.29, 0.717) is 6.54 Å². The van der Waals surface area contributed by atoms with Gasteiger partial charge in [-0.15, -0.1) is 0 Å². The minimum Gasteiger partial charge on any atom is -0.330 e. The predicted octanol–water partition coefficient (Wildman–Crippen LogP) is 0.905. The molecule has 0 aliphatic heterocycles. The maximum atomic E-state index is 5.84. The maximum Gasteiger partial charge on any atom is 0.00913 e. The Kier molecular flexibility index (Phi) is 3.77. The van der Waals surface area contributed by atoms with E-state index < -0.39 is 0 Å². The van der Waals surface area contributed by atoms with Gasteiger partial charge in [-0.05, 0) is 24.9 Å². The largest absolute Gasteiger partial charge is 0.330 e. The first-order valence-electron chi connectivity index (χ1n) is 4.32. The molecular formula is C10H16N2. The van der Waals surface area contributed by atoms with Gasteiger partial charge in [-0.3, -0.25) is 0 Å². The van der Waals surface area contributed by atoms with Gasteiger partial charge in [-0.2, -0.15) is 0 Å². The highest BCUT2D eigenvalue weighted by molar-refractivity contribution is 5.15. The van der Waals surface area contributed by atoms with Crippen LogP contribution in [0.25, 0.3) is 0 Å². The van der Waals surface area contributed by atoms with E-state index in [0.717, 1.165) is 12.8 Å². The van der Waals surface area contributed by atoms with Gasteiger partial charge in [0.05, 0.1) is 0 Å². The quantitative estimate of drug-likeness (QED) is 0.695. The van der Waals surface area contributed by atoms with Crippen molar-refractivity contribution in [1.29, 1.82) is 0 Å². The van der Waals surface area contributed by atoms with E-state index in [4.69, 9.17) is 11.5 Å². The highest BCUT2D eigenvalue weighted by Crippen LogP contribution is 2.02. The van der Waals surface area contributed by atoms with Gasteiger partial charge in [0.25, 0.3) is 0 Å². The third kappa shape index (κ3) is 3.03. The van der Waals surface area contributed by atoms with Crippen molar-refractivity contribution in [3.05, 3.63) is 35.9 Å². The van der Waals surface area contributed by atoms with Crippen LogP contribution in [0.15, 0.2) is 30.3 Å². The molecule has 0 saturated carbocycles. The van der Waals surface area contributed by atoms with Gasteiger partial charge in [-0.1, -0.05) is 30.3 Å². The topological polar surface area (TPSA) is 52.0 Å². The van der Waals surface area contributed by atoms with E-state index in [9.17, 15) is 0 Å². The summed E-state index contributed by atoms with van der Waals surface area (Å²) in [4.78, 5) is 0. The summed E-state index contributed by atoms with van der Waals surface area (Å²) < 4.78 is 0. The van der Waals surface area contributed by atoms with Crippen LogP contribution in [0.5, 0.6) is 0 Å². The van der Waals surface area contributed by atoms with E-state index in [-0.39, 0.29) is 6.04 Å². The van der Waals surface area contributed by atoms with Gasteiger partial charge in [0.15, 0.2) is 0 Å². The molecule has 1 atom stereocenters. The van der Waals surface area contributed by atoms with E-state index in [1.807, 2.05) is 18.2 Å². The monoisotopic (exact) mass is 164 g/mol. The van der Waals surface area contributed by atoms with Crippen molar-refractivity contribution in [2.75, 3.05) is 6.54 Å². The van der Waals surface area contributed by atoms with Crippen LogP contribution in [-0.2, 0) is 6.42 Å². The second-order valence-corrected chi connectivity index (χ2v) is 3.03. The lowest BCUT2D eigenvalue weighted by atomic mass is 10.0. The van der Waals surface area contributed by atoms with Crippen molar-refractivity contribution in [1.82, 2.24) is 0 Å². The molecule has 1 rings (SSSR count). The van der Waals surface area contributed by atoms with Crippen LogP contribution in [0.3, 0.4) is 0 Å². The Morgan fingerprint density at radius 1 is 1.17 bits per heavy atom. The number of hydrogen-bond donors (Lipinski definition) is 2. The Hall–Kier alpha value is -0.860. The fourth-order valence-electron chi connectivity index (χ4n) is 1.23. The zero-order valence-corrected chi connectivity index (χ0v) is 7.24. The third-order valence-electron chi connectivity index (χ3n) is 1.88. The smallest absolute Gasteiger partial charge is 0.00913 e. The summed E-state index contributed by atoms with van der Waals surface area (Å²) in [6, 6.07) is 10.5. The standard InChI is InChI=1S/C10H16N2/c11-7-6-10(12)8-9-4-2-1-3-5-9/h1-5,10H,6-8,11-12H2/t10-/m1/s1. The zero-order chi connectivity index (χ0) is 8.81. The van der Waals surface area contributed by atoms with Crippen LogP contribution in [-0.4, -0.2) is 12.6 Å². The molecule has 0 aliphatic carbocycles. The van der Waals surface area contributed by atoms with E-state index >= 15 is 0 Å². The van der Waals surface area contributed by atoms with E-state index in [1.165, 1.54) is 5.56 Å². The molecule has 0 unspecified atom stereocenters. The maximum absolute atomic E-state index is 5.84. The van der Waals surface area contributed by atoms with Crippen LogP contribution >= 0.6 is 0 Å². The Morgan fingerprint density at radius 2 is 1.83 bits per heavy atom. The molecule has 0 saturated heterocycles. The Bertz CT molecular complexity index is 208. The number of rotatable bonds is 4. The normalized spacial score (nSPS) is 12.8. The Morgan fingerprint density at radius 3 is 2.42 bits per heavy atom. The van der Waals surface area contributed by atoms with Gasteiger partial charge in [0.1, 0.15) is 0 Å². The lowest BCUT2D eigenvalue weighted by Gasteiger charge is -2.09. The zero-order valence-electron chi connectivity index (χ0n) is 7.24. The first-order valence-corrected chi connectivity index (χ1v) is 4.32. The minimum absolute atomic E-state index is 0.206. The fourth-order valence-corrected chi connectivity index (χ4v) is 1.23. The molecule has 1 aromatic rings. The molecule has 0 aliphatic rings. The molecule has 1 aromatic carbocycles. The van der Waals surface area contributed by atoms with Gasteiger partial charge in [0.2, 0.25) is 0 Å². The average Bonchev–Trinajstić information content (AvgIpc) is 2.06.